The van der Waals surface area contributed by atoms with Gasteiger partial charge in [-0.05, 0) is 18.8 Å². The van der Waals surface area contributed by atoms with Gasteiger partial charge in [-0.25, -0.2) is 9.78 Å². The summed E-state index contributed by atoms with van der Waals surface area (Å²) in [4.78, 5) is 25.5. The van der Waals surface area contributed by atoms with Gasteiger partial charge in [-0.15, -0.1) is 0 Å². The summed E-state index contributed by atoms with van der Waals surface area (Å²) >= 11 is 0. The molecule has 0 saturated carbocycles. The number of H-pyrrole nitrogens is 1. The van der Waals surface area contributed by atoms with Crippen molar-refractivity contribution < 1.29 is 9.32 Å². The van der Waals surface area contributed by atoms with Gasteiger partial charge in [-0.1, -0.05) is 19.0 Å². The molecule has 0 unspecified atom stereocenters. The number of imidazole rings is 1. The van der Waals surface area contributed by atoms with E-state index in [0.29, 0.717) is 36.5 Å². The molecule has 2 N–H and O–H groups in total. The van der Waals surface area contributed by atoms with Gasteiger partial charge in [0.1, 0.15) is 0 Å². The van der Waals surface area contributed by atoms with Gasteiger partial charge in [0.05, 0.1) is 5.92 Å². The topological polar surface area (TPSA) is 99.9 Å². The van der Waals surface area contributed by atoms with Crippen molar-refractivity contribution in [2.24, 2.45) is 5.92 Å². The number of hydrogen-bond donors (Lipinski definition) is 2. The second kappa shape index (κ2) is 6.80. The lowest BCUT2D eigenvalue weighted by Gasteiger charge is -2.31. The molecule has 1 atom stereocenters. The fourth-order valence-electron chi connectivity index (χ4n) is 2.65. The molecule has 1 saturated heterocycles. The SMILES string of the molecule is CC(C)CNC(=O)N1CCC[C@H](c2nc(-c3ncc[nH]3)no2)C1. The predicted octanol–water partition coefficient (Wildman–Crippen LogP) is 2.00. The highest BCUT2D eigenvalue weighted by atomic mass is 16.5. The van der Waals surface area contributed by atoms with Gasteiger partial charge >= 0.3 is 6.03 Å². The average molecular weight is 318 g/mol. The van der Waals surface area contributed by atoms with E-state index in [9.17, 15) is 4.79 Å². The molecule has 0 spiro atoms. The normalized spacial score (nSPS) is 18.4. The maximum atomic E-state index is 12.2. The van der Waals surface area contributed by atoms with E-state index in [1.807, 2.05) is 4.90 Å². The van der Waals surface area contributed by atoms with E-state index in [-0.39, 0.29) is 11.9 Å². The van der Waals surface area contributed by atoms with E-state index in [0.717, 1.165) is 19.4 Å². The van der Waals surface area contributed by atoms with Crippen LogP contribution in [-0.2, 0) is 0 Å². The van der Waals surface area contributed by atoms with Crippen LogP contribution in [0.5, 0.6) is 0 Å². The molecule has 1 aliphatic heterocycles. The first-order chi connectivity index (χ1) is 11.1. The van der Waals surface area contributed by atoms with Crippen LogP contribution >= 0.6 is 0 Å². The molecule has 2 amide bonds. The Labute approximate surface area is 134 Å². The van der Waals surface area contributed by atoms with Crippen LogP contribution in [0.1, 0.15) is 38.5 Å². The first-order valence-electron chi connectivity index (χ1n) is 7.99. The smallest absolute Gasteiger partial charge is 0.317 e. The molecule has 0 bridgehead atoms. The predicted molar refractivity (Wildman–Crippen MR) is 83.7 cm³/mol. The summed E-state index contributed by atoms with van der Waals surface area (Å²) < 4.78 is 5.37. The highest BCUT2D eigenvalue weighted by Gasteiger charge is 2.28. The number of urea groups is 1. The van der Waals surface area contributed by atoms with E-state index < -0.39 is 0 Å². The number of carbonyl (C=O) groups excluding carboxylic acids is 1. The number of likely N-dealkylation sites (tertiary alicyclic amines) is 1. The van der Waals surface area contributed by atoms with Crippen molar-refractivity contribution in [3.63, 3.8) is 0 Å². The number of aromatic nitrogens is 4. The van der Waals surface area contributed by atoms with Crippen LogP contribution in [0.2, 0.25) is 0 Å². The molecule has 3 heterocycles. The number of rotatable bonds is 4. The Kier molecular flexibility index (Phi) is 4.59. The van der Waals surface area contributed by atoms with Crippen molar-refractivity contribution in [3.05, 3.63) is 18.3 Å². The number of nitrogens with one attached hydrogen (secondary N) is 2. The minimum absolute atomic E-state index is 0.0193. The van der Waals surface area contributed by atoms with Crippen molar-refractivity contribution in [1.82, 2.24) is 30.3 Å². The molecular formula is C15H22N6O2. The summed E-state index contributed by atoms with van der Waals surface area (Å²) in [6, 6.07) is -0.0193. The van der Waals surface area contributed by atoms with Gasteiger partial charge < -0.3 is 19.7 Å². The van der Waals surface area contributed by atoms with Crippen molar-refractivity contribution >= 4 is 6.03 Å². The molecule has 8 nitrogen and oxygen atoms in total. The van der Waals surface area contributed by atoms with E-state index in [1.165, 1.54) is 0 Å². The van der Waals surface area contributed by atoms with E-state index in [1.54, 1.807) is 12.4 Å². The monoisotopic (exact) mass is 318 g/mol. The second-order valence-corrected chi connectivity index (χ2v) is 6.26. The zero-order chi connectivity index (χ0) is 16.2. The lowest BCUT2D eigenvalue weighted by Crippen LogP contribution is -2.45. The highest BCUT2D eigenvalue weighted by molar-refractivity contribution is 5.74. The van der Waals surface area contributed by atoms with Gasteiger partial charge in [0.15, 0.2) is 5.82 Å². The van der Waals surface area contributed by atoms with Crippen molar-refractivity contribution in [1.29, 1.82) is 0 Å². The Balaban J connectivity index is 1.63. The summed E-state index contributed by atoms with van der Waals surface area (Å²) in [6.07, 6.45) is 5.23. The van der Waals surface area contributed by atoms with Crippen LogP contribution in [0, 0.1) is 5.92 Å². The zero-order valence-electron chi connectivity index (χ0n) is 13.5. The number of nitrogens with zero attached hydrogens (tertiary/aromatic N) is 4. The summed E-state index contributed by atoms with van der Waals surface area (Å²) in [5.74, 6) is 2.11. The third-order valence-corrected chi connectivity index (χ3v) is 3.87. The van der Waals surface area contributed by atoms with Crippen LogP contribution in [0.25, 0.3) is 11.6 Å². The molecule has 2 aromatic heterocycles. The Morgan fingerprint density at radius 1 is 1.57 bits per heavy atom. The van der Waals surface area contributed by atoms with Gasteiger partial charge in [0.2, 0.25) is 11.7 Å². The second-order valence-electron chi connectivity index (χ2n) is 6.26. The summed E-state index contributed by atoms with van der Waals surface area (Å²) in [5.41, 5.74) is 0. The first kappa shape index (κ1) is 15.5. The fraction of sp³-hybridized carbons (Fsp3) is 0.600. The quantitative estimate of drug-likeness (QED) is 0.898. The van der Waals surface area contributed by atoms with Gasteiger partial charge in [0.25, 0.3) is 0 Å². The lowest BCUT2D eigenvalue weighted by molar-refractivity contribution is 0.171. The third kappa shape index (κ3) is 3.69. The number of hydrogen-bond acceptors (Lipinski definition) is 5. The van der Waals surface area contributed by atoms with Crippen molar-refractivity contribution in [2.75, 3.05) is 19.6 Å². The number of piperidine rings is 1. The molecule has 0 aliphatic carbocycles. The molecule has 8 heteroatoms. The Bertz CT molecular complexity index is 636. The fourth-order valence-corrected chi connectivity index (χ4v) is 2.65. The number of aromatic amines is 1. The van der Waals surface area contributed by atoms with Gasteiger partial charge in [0, 0.05) is 32.0 Å². The molecule has 2 aromatic rings. The van der Waals surface area contributed by atoms with Crippen LogP contribution < -0.4 is 5.32 Å². The van der Waals surface area contributed by atoms with Crippen LogP contribution in [-0.4, -0.2) is 50.7 Å². The molecule has 124 valence electrons. The molecule has 3 rings (SSSR count). The van der Waals surface area contributed by atoms with Gasteiger partial charge in [-0.2, -0.15) is 4.98 Å². The lowest BCUT2D eigenvalue weighted by atomic mass is 9.98. The molecule has 23 heavy (non-hydrogen) atoms. The number of carbonyl (C=O) groups is 1. The van der Waals surface area contributed by atoms with Crippen molar-refractivity contribution in [3.8, 4) is 11.6 Å². The molecule has 1 aliphatic rings. The van der Waals surface area contributed by atoms with Gasteiger partial charge in [-0.3, -0.25) is 0 Å². The Morgan fingerprint density at radius 2 is 2.43 bits per heavy atom. The molecule has 0 aromatic carbocycles. The van der Waals surface area contributed by atoms with E-state index in [2.05, 4.69) is 39.3 Å². The largest absolute Gasteiger partial charge is 0.342 e. The standard InChI is InChI=1S/C15H22N6O2/c1-10(2)8-18-15(22)21-7-3-4-11(9-21)14-19-13(20-23-14)12-16-5-6-17-12/h5-6,10-11H,3-4,7-9H2,1-2H3,(H,16,17)(H,18,22)/t11-/m0/s1. The first-order valence-corrected chi connectivity index (χ1v) is 7.99. The summed E-state index contributed by atoms with van der Waals surface area (Å²) in [5, 5.41) is 6.92. The maximum absolute atomic E-state index is 12.2. The average Bonchev–Trinajstić information content (AvgIpc) is 3.23. The minimum Gasteiger partial charge on any atom is -0.342 e. The van der Waals surface area contributed by atoms with E-state index in [4.69, 9.17) is 4.52 Å². The highest BCUT2D eigenvalue weighted by Crippen LogP contribution is 2.26. The Morgan fingerprint density at radius 3 is 3.17 bits per heavy atom. The number of amides is 2. The third-order valence-electron chi connectivity index (χ3n) is 3.87. The Hall–Kier alpha value is -2.38. The zero-order valence-corrected chi connectivity index (χ0v) is 13.5. The maximum Gasteiger partial charge on any atom is 0.317 e. The minimum atomic E-state index is -0.0193. The molecular weight excluding hydrogens is 296 g/mol. The van der Waals surface area contributed by atoms with Crippen LogP contribution in [0.3, 0.4) is 0 Å². The van der Waals surface area contributed by atoms with Crippen LogP contribution in [0.15, 0.2) is 16.9 Å². The molecule has 1 fully saturated rings. The summed E-state index contributed by atoms with van der Waals surface area (Å²) in [6.45, 7) is 6.20. The van der Waals surface area contributed by atoms with Crippen LogP contribution in [0.4, 0.5) is 4.79 Å². The molecule has 0 radical (unpaired) electrons. The summed E-state index contributed by atoms with van der Waals surface area (Å²) in [7, 11) is 0. The van der Waals surface area contributed by atoms with E-state index >= 15 is 0 Å². The van der Waals surface area contributed by atoms with Crippen molar-refractivity contribution in [2.45, 2.75) is 32.6 Å².